The van der Waals surface area contributed by atoms with Crippen LogP contribution in [0.3, 0.4) is 0 Å². The Morgan fingerprint density at radius 3 is 2.50 bits per heavy atom. The molecular weight excluding hydrogens is 308 g/mol. The van der Waals surface area contributed by atoms with E-state index in [4.69, 9.17) is 11.6 Å². The van der Waals surface area contributed by atoms with Gasteiger partial charge in [0.2, 0.25) is 0 Å². The maximum atomic E-state index is 6.23. The predicted octanol–water partition coefficient (Wildman–Crippen LogP) is 5.82. The van der Waals surface area contributed by atoms with Crippen LogP contribution in [0, 0.1) is 11.8 Å². The number of hydrogen-bond donors (Lipinski definition) is 0. The third-order valence-corrected chi connectivity index (χ3v) is 5.04. The topological polar surface area (TPSA) is 0 Å². The molecule has 1 aliphatic carbocycles. The zero-order valence-electron chi connectivity index (χ0n) is 10.9. The highest BCUT2D eigenvalue weighted by Gasteiger charge is 2.22. The van der Waals surface area contributed by atoms with Crippen LogP contribution in [0.1, 0.15) is 44.1 Å². The van der Waals surface area contributed by atoms with Gasteiger partial charge in [-0.1, -0.05) is 66.6 Å². The molecule has 1 fully saturated rings. The zero-order valence-corrected chi connectivity index (χ0v) is 13.2. The molecule has 0 aromatic heterocycles. The first-order valence-electron chi connectivity index (χ1n) is 7.10. The average Bonchev–Trinajstić information content (AvgIpc) is 2.65. The van der Waals surface area contributed by atoms with Gasteiger partial charge in [0.25, 0.3) is 0 Å². The maximum Gasteiger partial charge on any atom is 0.0257 e. The average molecular weight is 330 g/mol. The van der Waals surface area contributed by atoms with Crippen LogP contribution < -0.4 is 0 Å². The Morgan fingerprint density at radius 1 is 1.17 bits per heavy atom. The SMILES string of the molecule is ClCC(Cc1cccc(Br)c1)C1CCCCCC1. The minimum Gasteiger partial charge on any atom is -0.126 e. The minimum absolute atomic E-state index is 0.652. The van der Waals surface area contributed by atoms with Crippen molar-refractivity contribution in [3.63, 3.8) is 0 Å². The van der Waals surface area contributed by atoms with Crippen LogP contribution in [0.15, 0.2) is 28.7 Å². The van der Waals surface area contributed by atoms with Gasteiger partial charge in [-0.2, -0.15) is 0 Å². The second-order valence-electron chi connectivity index (χ2n) is 5.50. The Labute approximate surface area is 124 Å². The van der Waals surface area contributed by atoms with Gasteiger partial charge in [0, 0.05) is 10.4 Å². The molecule has 0 heterocycles. The van der Waals surface area contributed by atoms with Gasteiger partial charge < -0.3 is 0 Å². The monoisotopic (exact) mass is 328 g/mol. The molecule has 1 aliphatic rings. The molecule has 0 spiro atoms. The third-order valence-electron chi connectivity index (χ3n) is 4.15. The molecule has 0 N–H and O–H groups in total. The molecule has 0 aliphatic heterocycles. The van der Waals surface area contributed by atoms with E-state index in [1.165, 1.54) is 48.6 Å². The standard InChI is InChI=1S/C16H22BrCl/c17-16-9-5-6-13(11-16)10-15(12-18)14-7-3-1-2-4-8-14/h5-6,9,11,14-15H,1-4,7-8,10,12H2. The fraction of sp³-hybridized carbons (Fsp3) is 0.625. The zero-order chi connectivity index (χ0) is 12.8. The van der Waals surface area contributed by atoms with Crippen molar-refractivity contribution in [3.8, 4) is 0 Å². The summed E-state index contributed by atoms with van der Waals surface area (Å²) in [6.07, 6.45) is 9.53. The Kier molecular flexibility index (Phi) is 6.04. The second kappa shape index (κ2) is 7.55. The van der Waals surface area contributed by atoms with Crippen LogP contribution in [-0.2, 0) is 6.42 Å². The van der Waals surface area contributed by atoms with Crippen molar-refractivity contribution in [2.45, 2.75) is 44.9 Å². The smallest absolute Gasteiger partial charge is 0.0257 e. The van der Waals surface area contributed by atoms with E-state index < -0.39 is 0 Å². The van der Waals surface area contributed by atoms with E-state index in [1.54, 1.807) is 0 Å². The predicted molar refractivity (Wildman–Crippen MR) is 83.2 cm³/mol. The van der Waals surface area contributed by atoms with Crippen molar-refractivity contribution in [1.29, 1.82) is 0 Å². The first-order chi connectivity index (χ1) is 8.79. The van der Waals surface area contributed by atoms with Gasteiger partial charge in [0.05, 0.1) is 0 Å². The van der Waals surface area contributed by atoms with Crippen LogP contribution in [0.2, 0.25) is 0 Å². The summed E-state index contributed by atoms with van der Waals surface area (Å²) in [5.41, 5.74) is 1.42. The summed E-state index contributed by atoms with van der Waals surface area (Å²) in [4.78, 5) is 0. The Morgan fingerprint density at radius 2 is 1.89 bits per heavy atom. The van der Waals surface area contributed by atoms with Crippen LogP contribution in [-0.4, -0.2) is 5.88 Å². The summed E-state index contributed by atoms with van der Waals surface area (Å²) in [5, 5.41) is 0. The first-order valence-corrected chi connectivity index (χ1v) is 8.43. The van der Waals surface area contributed by atoms with E-state index in [0.29, 0.717) is 5.92 Å². The first kappa shape index (κ1) is 14.4. The molecule has 1 aromatic rings. The summed E-state index contributed by atoms with van der Waals surface area (Å²) < 4.78 is 1.18. The van der Waals surface area contributed by atoms with Crippen molar-refractivity contribution in [3.05, 3.63) is 34.3 Å². The highest BCUT2D eigenvalue weighted by molar-refractivity contribution is 9.10. The molecule has 0 radical (unpaired) electrons. The summed E-state index contributed by atoms with van der Waals surface area (Å²) >= 11 is 9.78. The summed E-state index contributed by atoms with van der Waals surface area (Å²) in [5.74, 6) is 2.29. The highest BCUT2D eigenvalue weighted by atomic mass is 79.9. The molecule has 1 unspecified atom stereocenters. The van der Waals surface area contributed by atoms with Crippen molar-refractivity contribution in [2.75, 3.05) is 5.88 Å². The van der Waals surface area contributed by atoms with Crippen LogP contribution in [0.5, 0.6) is 0 Å². The lowest BCUT2D eigenvalue weighted by molar-refractivity contribution is 0.321. The maximum absolute atomic E-state index is 6.23. The van der Waals surface area contributed by atoms with Crippen LogP contribution in [0.25, 0.3) is 0 Å². The van der Waals surface area contributed by atoms with E-state index in [2.05, 4.69) is 40.2 Å². The van der Waals surface area contributed by atoms with Gasteiger partial charge in [-0.05, 0) is 36.0 Å². The third kappa shape index (κ3) is 4.28. The fourth-order valence-electron chi connectivity index (χ4n) is 3.10. The van der Waals surface area contributed by atoms with Gasteiger partial charge in [-0.25, -0.2) is 0 Å². The largest absolute Gasteiger partial charge is 0.126 e. The normalized spacial score (nSPS) is 19.4. The number of alkyl halides is 1. The van der Waals surface area contributed by atoms with Gasteiger partial charge in [-0.15, -0.1) is 11.6 Å². The molecule has 0 bridgehead atoms. The van der Waals surface area contributed by atoms with Crippen molar-refractivity contribution < 1.29 is 0 Å². The van der Waals surface area contributed by atoms with Crippen molar-refractivity contribution in [2.24, 2.45) is 11.8 Å². The van der Waals surface area contributed by atoms with E-state index in [1.807, 2.05) is 0 Å². The van der Waals surface area contributed by atoms with E-state index in [-0.39, 0.29) is 0 Å². The summed E-state index contributed by atoms with van der Waals surface area (Å²) in [6.45, 7) is 0. The molecule has 1 aromatic carbocycles. The summed E-state index contributed by atoms with van der Waals surface area (Å²) in [6, 6.07) is 8.67. The molecular formula is C16H22BrCl. The lowest BCUT2D eigenvalue weighted by Crippen LogP contribution is -2.18. The van der Waals surface area contributed by atoms with Gasteiger partial charge >= 0.3 is 0 Å². The lowest BCUT2D eigenvalue weighted by Gasteiger charge is -2.24. The molecule has 18 heavy (non-hydrogen) atoms. The van der Waals surface area contributed by atoms with E-state index in [9.17, 15) is 0 Å². The van der Waals surface area contributed by atoms with Crippen LogP contribution >= 0.6 is 27.5 Å². The quantitative estimate of drug-likeness (QED) is 0.482. The summed E-state index contributed by atoms with van der Waals surface area (Å²) in [7, 11) is 0. The van der Waals surface area contributed by atoms with Crippen molar-refractivity contribution in [1.82, 2.24) is 0 Å². The number of rotatable bonds is 4. The van der Waals surface area contributed by atoms with E-state index in [0.717, 1.165) is 18.2 Å². The van der Waals surface area contributed by atoms with Gasteiger partial charge in [0.15, 0.2) is 0 Å². The number of halogens is 2. The molecule has 0 amide bonds. The van der Waals surface area contributed by atoms with Gasteiger partial charge in [-0.3, -0.25) is 0 Å². The minimum atomic E-state index is 0.652. The van der Waals surface area contributed by atoms with Crippen LogP contribution in [0.4, 0.5) is 0 Å². The van der Waals surface area contributed by atoms with Crippen molar-refractivity contribution >= 4 is 27.5 Å². The van der Waals surface area contributed by atoms with E-state index >= 15 is 0 Å². The molecule has 0 saturated heterocycles. The molecule has 2 heteroatoms. The number of hydrogen-bond acceptors (Lipinski definition) is 0. The fourth-order valence-corrected chi connectivity index (χ4v) is 3.90. The molecule has 100 valence electrons. The molecule has 2 rings (SSSR count). The Hall–Kier alpha value is -0.0100. The second-order valence-corrected chi connectivity index (χ2v) is 6.72. The highest BCUT2D eigenvalue weighted by Crippen LogP contribution is 2.32. The Balaban J connectivity index is 1.99. The van der Waals surface area contributed by atoms with Gasteiger partial charge in [0.1, 0.15) is 0 Å². The molecule has 1 atom stereocenters. The molecule has 1 saturated carbocycles. The molecule has 0 nitrogen and oxygen atoms in total. The number of benzene rings is 1. The lowest BCUT2D eigenvalue weighted by atomic mass is 9.83. The Bertz CT molecular complexity index is 356.